The Balaban J connectivity index is 1.59. The summed E-state index contributed by atoms with van der Waals surface area (Å²) in [6.07, 6.45) is 1.87. The highest BCUT2D eigenvalue weighted by Gasteiger charge is 2.41. The fourth-order valence-electron chi connectivity index (χ4n) is 4.74. The third-order valence-electron chi connectivity index (χ3n) is 5.95. The van der Waals surface area contributed by atoms with E-state index in [0.29, 0.717) is 37.3 Å². The zero-order valence-corrected chi connectivity index (χ0v) is 18.5. The van der Waals surface area contributed by atoms with Gasteiger partial charge in [0.1, 0.15) is 11.8 Å². The number of sulfonamides is 1. The Morgan fingerprint density at radius 2 is 1.80 bits per heavy atom. The number of nitrogens with zero attached hydrogens (tertiary/aromatic N) is 1. The molecule has 7 heteroatoms. The summed E-state index contributed by atoms with van der Waals surface area (Å²) in [5.74, 6) is 0.538. The normalized spacial score (nSPS) is 21.7. The van der Waals surface area contributed by atoms with E-state index in [-0.39, 0.29) is 11.9 Å². The van der Waals surface area contributed by atoms with Crippen LogP contribution in [0.3, 0.4) is 0 Å². The summed E-state index contributed by atoms with van der Waals surface area (Å²) in [6, 6.07) is 10.6. The van der Waals surface area contributed by atoms with Gasteiger partial charge in [0.25, 0.3) is 0 Å². The lowest BCUT2D eigenvalue weighted by atomic mass is 10.00. The van der Waals surface area contributed by atoms with E-state index in [9.17, 15) is 13.2 Å². The summed E-state index contributed by atoms with van der Waals surface area (Å²) in [4.78, 5) is 13.5. The average molecular weight is 429 g/mol. The maximum absolute atomic E-state index is 13.5. The van der Waals surface area contributed by atoms with E-state index in [1.807, 2.05) is 57.2 Å². The summed E-state index contributed by atoms with van der Waals surface area (Å²) >= 11 is 0. The van der Waals surface area contributed by atoms with Crippen molar-refractivity contribution in [3.05, 3.63) is 58.7 Å². The quantitative estimate of drug-likeness (QED) is 0.810. The number of nitrogens with one attached hydrogen (secondary N) is 1. The van der Waals surface area contributed by atoms with Crippen LogP contribution in [0.15, 0.2) is 41.3 Å². The number of hydrogen-bond donors (Lipinski definition) is 1. The molecule has 2 aliphatic heterocycles. The standard InChI is InChI=1S/C23H28N2O4S/c1-15-13-16(2)22(17(3)14-15)30(27,28)25-11-6-8-20(25)23(26)24-19-10-12-29-21-9-5-4-7-18(19)21/h4-5,7,9,13-14,19-20H,6,8,10-12H2,1-3H3,(H,24,26)/t19-,20-/m1/s1. The van der Waals surface area contributed by atoms with Gasteiger partial charge in [-0.05, 0) is 50.8 Å². The predicted molar refractivity (Wildman–Crippen MR) is 115 cm³/mol. The largest absolute Gasteiger partial charge is 0.493 e. The number of aryl methyl sites for hydroxylation is 3. The van der Waals surface area contributed by atoms with Gasteiger partial charge < -0.3 is 10.1 Å². The molecule has 1 fully saturated rings. The zero-order chi connectivity index (χ0) is 21.5. The highest BCUT2D eigenvalue weighted by Crippen LogP contribution is 2.34. The lowest BCUT2D eigenvalue weighted by Crippen LogP contribution is -2.47. The number of para-hydroxylation sites is 1. The Bertz CT molecular complexity index is 1060. The molecule has 1 saturated heterocycles. The van der Waals surface area contributed by atoms with Crippen LogP contribution in [0.4, 0.5) is 0 Å². The summed E-state index contributed by atoms with van der Waals surface area (Å²) in [5.41, 5.74) is 3.40. The minimum atomic E-state index is -3.76. The average Bonchev–Trinajstić information content (AvgIpc) is 3.18. The molecule has 0 radical (unpaired) electrons. The molecule has 2 aromatic carbocycles. The third kappa shape index (κ3) is 3.72. The monoisotopic (exact) mass is 428 g/mol. The topological polar surface area (TPSA) is 75.7 Å². The van der Waals surface area contributed by atoms with Crippen LogP contribution in [0.2, 0.25) is 0 Å². The molecule has 4 rings (SSSR count). The van der Waals surface area contributed by atoms with Gasteiger partial charge in [0.2, 0.25) is 15.9 Å². The van der Waals surface area contributed by atoms with E-state index >= 15 is 0 Å². The van der Waals surface area contributed by atoms with E-state index in [4.69, 9.17) is 4.74 Å². The number of carbonyl (C=O) groups excluding carboxylic acids is 1. The number of benzene rings is 2. The molecule has 0 aromatic heterocycles. The first kappa shape index (κ1) is 20.9. The molecule has 30 heavy (non-hydrogen) atoms. The molecule has 0 unspecified atom stereocenters. The van der Waals surface area contributed by atoms with Gasteiger partial charge in [0.05, 0.1) is 17.5 Å². The van der Waals surface area contributed by atoms with Crippen LogP contribution >= 0.6 is 0 Å². The van der Waals surface area contributed by atoms with Crippen LogP contribution in [0.5, 0.6) is 5.75 Å². The highest BCUT2D eigenvalue weighted by atomic mass is 32.2. The van der Waals surface area contributed by atoms with Crippen LogP contribution in [0.25, 0.3) is 0 Å². The molecule has 160 valence electrons. The summed E-state index contributed by atoms with van der Waals surface area (Å²) in [5, 5.41) is 3.08. The first-order valence-electron chi connectivity index (χ1n) is 10.4. The van der Waals surface area contributed by atoms with Gasteiger partial charge >= 0.3 is 0 Å². The molecular weight excluding hydrogens is 400 g/mol. The second kappa shape index (κ2) is 8.04. The maximum Gasteiger partial charge on any atom is 0.244 e. The molecule has 0 bridgehead atoms. The van der Waals surface area contributed by atoms with Crippen molar-refractivity contribution in [2.45, 2.75) is 57.0 Å². The highest BCUT2D eigenvalue weighted by molar-refractivity contribution is 7.89. The first-order chi connectivity index (χ1) is 14.3. The fraction of sp³-hybridized carbons (Fsp3) is 0.435. The molecule has 1 amide bonds. The van der Waals surface area contributed by atoms with Crippen molar-refractivity contribution >= 4 is 15.9 Å². The van der Waals surface area contributed by atoms with E-state index in [0.717, 1.165) is 28.0 Å². The Morgan fingerprint density at radius 1 is 1.10 bits per heavy atom. The number of rotatable bonds is 4. The molecule has 6 nitrogen and oxygen atoms in total. The van der Waals surface area contributed by atoms with Crippen LogP contribution in [0, 0.1) is 20.8 Å². The number of carbonyl (C=O) groups is 1. The summed E-state index contributed by atoms with van der Waals surface area (Å²) < 4.78 is 34.1. The SMILES string of the molecule is Cc1cc(C)c(S(=O)(=O)N2CCC[C@@H]2C(=O)N[C@@H]2CCOc3ccccc32)c(C)c1. The smallest absolute Gasteiger partial charge is 0.244 e. The Morgan fingerprint density at radius 3 is 2.53 bits per heavy atom. The minimum absolute atomic E-state index is 0.171. The van der Waals surface area contributed by atoms with Crippen molar-refractivity contribution in [3.8, 4) is 5.75 Å². The van der Waals surface area contributed by atoms with Crippen LogP contribution in [0.1, 0.15) is 47.6 Å². The van der Waals surface area contributed by atoms with Gasteiger partial charge in [-0.2, -0.15) is 4.31 Å². The maximum atomic E-state index is 13.5. The molecule has 2 aromatic rings. The Labute approximate surface area is 178 Å². The van der Waals surface area contributed by atoms with Crippen molar-refractivity contribution in [3.63, 3.8) is 0 Å². The number of amides is 1. The van der Waals surface area contributed by atoms with Crippen LogP contribution in [-0.4, -0.2) is 37.8 Å². The molecule has 0 aliphatic carbocycles. The number of fused-ring (bicyclic) bond motifs is 1. The molecule has 0 saturated carbocycles. The Hall–Kier alpha value is -2.38. The van der Waals surface area contributed by atoms with Gasteiger partial charge in [-0.1, -0.05) is 35.9 Å². The molecule has 2 aliphatic rings. The van der Waals surface area contributed by atoms with Gasteiger partial charge in [-0.25, -0.2) is 8.42 Å². The fourth-order valence-corrected chi connectivity index (χ4v) is 6.81. The van der Waals surface area contributed by atoms with E-state index < -0.39 is 16.1 Å². The van der Waals surface area contributed by atoms with Gasteiger partial charge in [0, 0.05) is 18.5 Å². The molecular formula is C23H28N2O4S. The molecule has 0 spiro atoms. The second-order valence-electron chi connectivity index (χ2n) is 8.24. The Kier molecular flexibility index (Phi) is 5.59. The summed E-state index contributed by atoms with van der Waals surface area (Å²) in [7, 11) is -3.76. The first-order valence-corrected chi connectivity index (χ1v) is 11.8. The van der Waals surface area contributed by atoms with E-state index in [1.165, 1.54) is 4.31 Å². The van der Waals surface area contributed by atoms with Crippen LogP contribution < -0.4 is 10.1 Å². The van der Waals surface area contributed by atoms with Crippen molar-refractivity contribution in [2.75, 3.05) is 13.2 Å². The van der Waals surface area contributed by atoms with Gasteiger partial charge in [-0.15, -0.1) is 0 Å². The second-order valence-corrected chi connectivity index (χ2v) is 10.1. The van der Waals surface area contributed by atoms with Gasteiger partial charge in [-0.3, -0.25) is 4.79 Å². The van der Waals surface area contributed by atoms with Crippen molar-refractivity contribution < 1.29 is 17.9 Å². The molecule has 2 heterocycles. The van der Waals surface area contributed by atoms with Gasteiger partial charge in [0.15, 0.2) is 0 Å². The summed E-state index contributed by atoms with van der Waals surface area (Å²) in [6.45, 7) is 6.47. The van der Waals surface area contributed by atoms with Crippen molar-refractivity contribution in [2.24, 2.45) is 0 Å². The number of hydrogen-bond acceptors (Lipinski definition) is 4. The third-order valence-corrected chi connectivity index (χ3v) is 8.17. The van der Waals surface area contributed by atoms with E-state index in [1.54, 1.807) is 0 Å². The van der Waals surface area contributed by atoms with Crippen molar-refractivity contribution in [1.29, 1.82) is 0 Å². The minimum Gasteiger partial charge on any atom is -0.493 e. The van der Waals surface area contributed by atoms with Crippen molar-refractivity contribution in [1.82, 2.24) is 9.62 Å². The number of ether oxygens (including phenoxy) is 1. The molecule has 1 N–H and O–H groups in total. The van der Waals surface area contributed by atoms with Crippen LogP contribution in [-0.2, 0) is 14.8 Å². The zero-order valence-electron chi connectivity index (χ0n) is 17.6. The lowest BCUT2D eigenvalue weighted by molar-refractivity contribution is -0.125. The predicted octanol–water partition coefficient (Wildman–Crippen LogP) is 3.40. The molecule has 2 atom stereocenters. The lowest BCUT2D eigenvalue weighted by Gasteiger charge is -2.30. The van der Waals surface area contributed by atoms with E-state index in [2.05, 4.69) is 5.32 Å².